The minimum Gasteiger partial charge on any atom is -0.455 e. The normalized spacial score (nSPS) is 13.5. The van der Waals surface area contributed by atoms with E-state index in [4.69, 9.17) is 4.42 Å². The Morgan fingerprint density at radius 2 is 2.23 bits per heavy atom. The zero-order chi connectivity index (χ0) is 9.42. The topological polar surface area (TPSA) is 33.4 Å². The summed E-state index contributed by atoms with van der Waals surface area (Å²) in [5.74, 6) is -0.00972. The van der Waals surface area contributed by atoms with Gasteiger partial charge in [0.2, 0.25) is 0 Å². The quantitative estimate of drug-likeness (QED) is 0.731. The van der Waals surface area contributed by atoms with Crippen LogP contribution in [-0.2, 0) is 0 Å². The molecule has 1 heterocycles. The zero-order valence-electron chi connectivity index (χ0n) is 7.12. The molecule has 2 aromatic rings. The lowest BCUT2D eigenvalue weighted by Crippen LogP contribution is -1.85. The van der Waals surface area contributed by atoms with E-state index in [2.05, 4.69) is 0 Å². The van der Waals surface area contributed by atoms with Gasteiger partial charge in [-0.05, 0) is 19.1 Å². The summed E-state index contributed by atoms with van der Waals surface area (Å²) in [7, 11) is 0. The van der Waals surface area contributed by atoms with E-state index in [1.165, 1.54) is 6.07 Å². The molecule has 0 fully saturated rings. The first-order valence-corrected chi connectivity index (χ1v) is 4.04. The van der Waals surface area contributed by atoms with Gasteiger partial charge in [-0.1, -0.05) is 12.1 Å². The Morgan fingerprint density at radius 1 is 1.46 bits per heavy atom. The van der Waals surface area contributed by atoms with Crippen molar-refractivity contribution in [1.29, 1.82) is 0 Å². The van der Waals surface area contributed by atoms with Crippen LogP contribution in [0.15, 0.2) is 28.7 Å². The van der Waals surface area contributed by atoms with Crippen LogP contribution in [0.3, 0.4) is 0 Å². The smallest absolute Gasteiger partial charge is 0.170 e. The third-order valence-corrected chi connectivity index (χ3v) is 1.93. The van der Waals surface area contributed by atoms with Gasteiger partial charge in [0.1, 0.15) is 11.9 Å². The minimum absolute atomic E-state index is 0.207. The standard InChI is InChI=1S/C10H9FO2/c1-6(12)9-5-7-3-2-4-8(11)10(7)13-9/h2-6,12H,1H3. The van der Waals surface area contributed by atoms with E-state index in [0.29, 0.717) is 11.1 Å². The number of hydrogen-bond donors (Lipinski definition) is 1. The lowest BCUT2D eigenvalue weighted by Gasteiger charge is -1.95. The van der Waals surface area contributed by atoms with Crippen molar-refractivity contribution in [2.45, 2.75) is 13.0 Å². The molecule has 2 nitrogen and oxygen atoms in total. The number of rotatable bonds is 1. The van der Waals surface area contributed by atoms with Crippen molar-refractivity contribution >= 4 is 11.0 Å². The van der Waals surface area contributed by atoms with Crippen LogP contribution >= 0.6 is 0 Å². The Labute approximate surface area is 74.6 Å². The molecular formula is C10H9FO2. The molecule has 0 spiro atoms. The molecule has 0 bridgehead atoms. The second-order valence-corrected chi connectivity index (χ2v) is 2.98. The molecule has 0 aliphatic heterocycles. The molecule has 2 rings (SSSR count). The lowest BCUT2D eigenvalue weighted by molar-refractivity contribution is 0.172. The average molecular weight is 180 g/mol. The van der Waals surface area contributed by atoms with E-state index in [0.717, 1.165) is 0 Å². The predicted octanol–water partition coefficient (Wildman–Crippen LogP) is 2.63. The average Bonchev–Trinajstić information content (AvgIpc) is 2.49. The van der Waals surface area contributed by atoms with Gasteiger partial charge in [-0.3, -0.25) is 0 Å². The second kappa shape index (κ2) is 2.85. The molecule has 0 radical (unpaired) electrons. The summed E-state index contributed by atoms with van der Waals surface area (Å²) in [4.78, 5) is 0. The highest BCUT2D eigenvalue weighted by Crippen LogP contribution is 2.25. The van der Waals surface area contributed by atoms with Crippen molar-refractivity contribution < 1.29 is 13.9 Å². The Balaban J connectivity index is 2.68. The van der Waals surface area contributed by atoms with Crippen LogP contribution < -0.4 is 0 Å². The third kappa shape index (κ3) is 1.31. The Morgan fingerprint density at radius 3 is 2.85 bits per heavy atom. The van der Waals surface area contributed by atoms with Gasteiger partial charge in [0.25, 0.3) is 0 Å². The van der Waals surface area contributed by atoms with Gasteiger partial charge in [-0.25, -0.2) is 4.39 Å². The van der Waals surface area contributed by atoms with Crippen molar-refractivity contribution in [3.05, 3.63) is 35.8 Å². The molecule has 1 aromatic heterocycles. The highest BCUT2D eigenvalue weighted by molar-refractivity contribution is 5.78. The van der Waals surface area contributed by atoms with E-state index < -0.39 is 11.9 Å². The van der Waals surface area contributed by atoms with Crippen LogP contribution in [-0.4, -0.2) is 5.11 Å². The van der Waals surface area contributed by atoms with Crippen molar-refractivity contribution in [3.63, 3.8) is 0 Å². The van der Waals surface area contributed by atoms with E-state index in [-0.39, 0.29) is 5.58 Å². The van der Waals surface area contributed by atoms with Gasteiger partial charge in [0.15, 0.2) is 11.4 Å². The van der Waals surface area contributed by atoms with Crippen LogP contribution in [0.4, 0.5) is 4.39 Å². The first-order chi connectivity index (χ1) is 6.18. The van der Waals surface area contributed by atoms with Crippen LogP contribution in [0.5, 0.6) is 0 Å². The maximum atomic E-state index is 13.1. The fourth-order valence-corrected chi connectivity index (χ4v) is 1.25. The first-order valence-electron chi connectivity index (χ1n) is 4.04. The number of halogens is 1. The summed E-state index contributed by atoms with van der Waals surface area (Å²) < 4.78 is 18.2. The molecule has 3 heteroatoms. The number of hydrogen-bond acceptors (Lipinski definition) is 2. The van der Waals surface area contributed by atoms with Gasteiger partial charge in [-0.2, -0.15) is 0 Å². The van der Waals surface area contributed by atoms with Gasteiger partial charge < -0.3 is 9.52 Å². The number of aliphatic hydroxyl groups is 1. The van der Waals surface area contributed by atoms with Crippen LogP contribution in [0.1, 0.15) is 18.8 Å². The molecule has 13 heavy (non-hydrogen) atoms. The van der Waals surface area contributed by atoms with Crippen LogP contribution in [0, 0.1) is 5.82 Å². The van der Waals surface area contributed by atoms with Gasteiger partial charge >= 0.3 is 0 Å². The molecule has 0 saturated heterocycles. The van der Waals surface area contributed by atoms with Crippen molar-refractivity contribution in [1.82, 2.24) is 0 Å². The summed E-state index contributed by atoms with van der Waals surface area (Å²) in [6.45, 7) is 1.58. The molecule has 1 aromatic carbocycles. The molecule has 0 aliphatic rings. The van der Waals surface area contributed by atoms with Gasteiger partial charge in [0, 0.05) is 5.39 Å². The largest absolute Gasteiger partial charge is 0.455 e. The molecule has 0 aliphatic carbocycles. The van der Waals surface area contributed by atoms with Crippen LogP contribution in [0.25, 0.3) is 11.0 Å². The third-order valence-electron chi connectivity index (χ3n) is 1.93. The molecule has 1 N–H and O–H groups in total. The maximum absolute atomic E-state index is 13.1. The van der Waals surface area contributed by atoms with E-state index in [1.54, 1.807) is 25.1 Å². The minimum atomic E-state index is -0.702. The fourth-order valence-electron chi connectivity index (χ4n) is 1.25. The number of benzene rings is 1. The predicted molar refractivity (Wildman–Crippen MR) is 46.8 cm³/mol. The molecule has 1 unspecified atom stereocenters. The van der Waals surface area contributed by atoms with Gasteiger partial charge in [0.05, 0.1) is 0 Å². The number of aliphatic hydroxyl groups excluding tert-OH is 1. The molecule has 68 valence electrons. The van der Waals surface area contributed by atoms with Crippen molar-refractivity contribution in [3.8, 4) is 0 Å². The first kappa shape index (κ1) is 8.26. The number of para-hydroxylation sites is 1. The Kier molecular flexibility index (Phi) is 1.81. The molecule has 1 atom stereocenters. The van der Waals surface area contributed by atoms with Crippen molar-refractivity contribution in [2.24, 2.45) is 0 Å². The highest BCUT2D eigenvalue weighted by atomic mass is 19.1. The van der Waals surface area contributed by atoms with Crippen molar-refractivity contribution in [2.75, 3.05) is 0 Å². The summed E-state index contributed by atoms with van der Waals surface area (Å²) in [5.41, 5.74) is 0.207. The summed E-state index contributed by atoms with van der Waals surface area (Å²) in [6.07, 6.45) is -0.702. The van der Waals surface area contributed by atoms with Gasteiger partial charge in [-0.15, -0.1) is 0 Å². The van der Waals surface area contributed by atoms with E-state index >= 15 is 0 Å². The Hall–Kier alpha value is -1.35. The number of furan rings is 1. The maximum Gasteiger partial charge on any atom is 0.170 e. The van der Waals surface area contributed by atoms with E-state index in [9.17, 15) is 9.50 Å². The second-order valence-electron chi connectivity index (χ2n) is 2.98. The molecule has 0 saturated carbocycles. The summed E-state index contributed by atoms with van der Waals surface area (Å²) in [6, 6.07) is 6.33. The highest BCUT2D eigenvalue weighted by Gasteiger charge is 2.10. The molecular weight excluding hydrogens is 171 g/mol. The number of fused-ring (bicyclic) bond motifs is 1. The summed E-state index contributed by atoms with van der Waals surface area (Å²) in [5, 5.41) is 9.88. The lowest BCUT2D eigenvalue weighted by atomic mass is 10.2. The molecule has 0 amide bonds. The van der Waals surface area contributed by atoms with E-state index in [1.807, 2.05) is 0 Å². The van der Waals surface area contributed by atoms with Crippen LogP contribution in [0.2, 0.25) is 0 Å². The summed E-state index contributed by atoms with van der Waals surface area (Å²) >= 11 is 0. The Bertz CT molecular complexity index is 431. The SMILES string of the molecule is CC(O)c1cc2cccc(F)c2o1. The monoisotopic (exact) mass is 180 g/mol. The fraction of sp³-hybridized carbons (Fsp3) is 0.200. The zero-order valence-corrected chi connectivity index (χ0v) is 7.12.